The Morgan fingerprint density at radius 1 is 1.64 bits per heavy atom. The Balaban J connectivity index is 2.41. The lowest BCUT2D eigenvalue weighted by Gasteiger charge is -2.16. The number of rotatable bonds is 0. The third kappa shape index (κ3) is 0.813. The predicted octanol–water partition coefficient (Wildman–Crippen LogP) is -1.23. The summed E-state index contributed by atoms with van der Waals surface area (Å²) in [5.41, 5.74) is 5.96. The summed E-state index contributed by atoms with van der Waals surface area (Å²) in [4.78, 5) is 18.6. The van der Waals surface area contributed by atoms with Crippen molar-refractivity contribution in [3.63, 3.8) is 0 Å². The average molecular weight is 150 g/mol. The quantitative estimate of drug-likeness (QED) is 0.453. The van der Waals surface area contributed by atoms with E-state index in [1.54, 1.807) is 0 Å². The summed E-state index contributed by atoms with van der Waals surface area (Å²) in [6.45, 7) is 0. The number of nitrogens with zero attached hydrogens (tertiary/aromatic N) is 2. The summed E-state index contributed by atoms with van der Waals surface area (Å²) in [5.74, 6) is 0.290. The van der Waals surface area contributed by atoms with Gasteiger partial charge < -0.3 is 11.1 Å². The van der Waals surface area contributed by atoms with Gasteiger partial charge in [0.1, 0.15) is 18.2 Å². The number of aliphatic imine (C=N–C) groups is 2. The minimum atomic E-state index is -0.257. The first kappa shape index (κ1) is 6.09. The molecule has 11 heavy (non-hydrogen) atoms. The smallest absolute Gasteiger partial charge is 0.251 e. The van der Waals surface area contributed by atoms with E-state index in [0.717, 1.165) is 0 Å². The molecule has 0 spiro atoms. The molecular weight excluding hydrogens is 144 g/mol. The highest BCUT2D eigenvalue weighted by molar-refractivity contribution is 6.13. The maximum Gasteiger partial charge on any atom is 0.251 e. The standard InChI is InChI=1S/C6H6N4O/c7-3-1-4(11)10-6-5(3)8-2-9-6/h1-2,5H,7H2,(H,8,9,10,11). The van der Waals surface area contributed by atoms with Crippen LogP contribution in [0.15, 0.2) is 21.8 Å². The topological polar surface area (TPSA) is 79.8 Å². The molecule has 5 nitrogen and oxygen atoms in total. The Morgan fingerprint density at radius 3 is 3.27 bits per heavy atom. The minimum absolute atomic E-state index is 0.233. The van der Waals surface area contributed by atoms with Crippen LogP contribution in [0, 0.1) is 0 Å². The van der Waals surface area contributed by atoms with Crippen molar-refractivity contribution >= 4 is 18.1 Å². The van der Waals surface area contributed by atoms with Crippen LogP contribution in [0.5, 0.6) is 0 Å². The van der Waals surface area contributed by atoms with E-state index >= 15 is 0 Å². The van der Waals surface area contributed by atoms with Crippen LogP contribution >= 0.6 is 0 Å². The molecule has 1 atom stereocenters. The van der Waals surface area contributed by atoms with Crippen molar-refractivity contribution < 1.29 is 4.79 Å². The predicted molar refractivity (Wildman–Crippen MR) is 40.1 cm³/mol. The second kappa shape index (κ2) is 1.91. The van der Waals surface area contributed by atoms with E-state index in [1.165, 1.54) is 12.4 Å². The molecule has 0 saturated heterocycles. The largest absolute Gasteiger partial charge is 0.400 e. The van der Waals surface area contributed by atoms with E-state index in [2.05, 4.69) is 15.3 Å². The van der Waals surface area contributed by atoms with Gasteiger partial charge in [-0.15, -0.1) is 0 Å². The van der Waals surface area contributed by atoms with Crippen LogP contribution in [-0.2, 0) is 4.79 Å². The normalized spacial score (nSPS) is 27.3. The molecule has 2 aliphatic heterocycles. The molecule has 0 fully saturated rings. The molecular formula is C6H6N4O. The lowest BCUT2D eigenvalue weighted by molar-refractivity contribution is -0.115. The number of hydrogen-bond acceptors (Lipinski definition) is 4. The highest BCUT2D eigenvalue weighted by Gasteiger charge is 2.26. The van der Waals surface area contributed by atoms with Gasteiger partial charge in [0.2, 0.25) is 0 Å². The lowest BCUT2D eigenvalue weighted by atomic mass is 10.1. The van der Waals surface area contributed by atoms with Crippen molar-refractivity contribution in [1.29, 1.82) is 0 Å². The average Bonchev–Trinajstić information content (AvgIpc) is 2.34. The number of carbonyl (C=O) groups is 1. The van der Waals surface area contributed by atoms with Gasteiger partial charge in [0.05, 0.1) is 0 Å². The van der Waals surface area contributed by atoms with E-state index in [4.69, 9.17) is 5.73 Å². The number of fused-ring (bicyclic) bond motifs is 1. The Morgan fingerprint density at radius 2 is 2.45 bits per heavy atom. The molecule has 1 amide bonds. The van der Waals surface area contributed by atoms with Crippen molar-refractivity contribution in [3.05, 3.63) is 11.8 Å². The molecule has 0 aromatic heterocycles. The van der Waals surface area contributed by atoms with Gasteiger partial charge in [-0.1, -0.05) is 0 Å². The third-order valence-corrected chi connectivity index (χ3v) is 1.54. The zero-order chi connectivity index (χ0) is 7.84. The van der Waals surface area contributed by atoms with Crippen LogP contribution in [-0.4, -0.2) is 24.1 Å². The van der Waals surface area contributed by atoms with Crippen molar-refractivity contribution in [1.82, 2.24) is 5.32 Å². The molecule has 0 aromatic carbocycles. The van der Waals surface area contributed by atoms with Crippen LogP contribution in [0.25, 0.3) is 0 Å². The number of hydrogen-bond donors (Lipinski definition) is 2. The van der Waals surface area contributed by atoms with Gasteiger partial charge in [0.15, 0.2) is 0 Å². The Hall–Kier alpha value is -1.65. The van der Waals surface area contributed by atoms with Crippen LogP contribution in [0.4, 0.5) is 0 Å². The zero-order valence-electron chi connectivity index (χ0n) is 5.61. The maximum atomic E-state index is 10.8. The van der Waals surface area contributed by atoms with E-state index in [0.29, 0.717) is 11.5 Å². The van der Waals surface area contributed by atoms with Crippen molar-refractivity contribution in [2.45, 2.75) is 6.04 Å². The summed E-state index contributed by atoms with van der Waals surface area (Å²) in [6, 6.07) is -0.257. The van der Waals surface area contributed by atoms with E-state index in [-0.39, 0.29) is 11.9 Å². The second-order valence-corrected chi connectivity index (χ2v) is 2.32. The van der Waals surface area contributed by atoms with Gasteiger partial charge in [-0.3, -0.25) is 9.79 Å². The van der Waals surface area contributed by atoms with Gasteiger partial charge >= 0.3 is 0 Å². The molecule has 1 unspecified atom stereocenters. The first-order valence-electron chi connectivity index (χ1n) is 3.15. The van der Waals surface area contributed by atoms with Crippen LogP contribution in [0.3, 0.4) is 0 Å². The fourth-order valence-electron chi connectivity index (χ4n) is 1.04. The van der Waals surface area contributed by atoms with E-state index in [9.17, 15) is 4.79 Å². The summed E-state index contributed by atoms with van der Waals surface area (Å²) in [6.07, 6.45) is 2.72. The van der Waals surface area contributed by atoms with Gasteiger partial charge in [0, 0.05) is 11.8 Å². The summed E-state index contributed by atoms with van der Waals surface area (Å²) in [7, 11) is 0. The second-order valence-electron chi connectivity index (χ2n) is 2.32. The summed E-state index contributed by atoms with van der Waals surface area (Å²) >= 11 is 0. The van der Waals surface area contributed by atoms with Gasteiger partial charge in [-0.2, -0.15) is 0 Å². The zero-order valence-corrected chi connectivity index (χ0v) is 5.61. The van der Waals surface area contributed by atoms with Crippen molar-refractivity contribution in [2.75, 3.05) is 0 Å². The Kier molecular flexibility index (Phi) is 1.06. The maximum absolute atomic E-state index is 10.8. The number of carbonyl (C=O) groups excluding carboxylic acids is 1. The summed E-state index contributed by atoms with van der Waals surface area (Å²) in [5, 5.41) is 2.54. The molecule has 2 aliphatic rings. The molecule has 0 aliphatic carbocycles. The van der Waals surface area contributed by atoms with Crippen LogP contribution in [0.2, 0.25) is 0 Å². The molecule has 0 bridgehead atoms. The lowest BCUT2D eigenvalue weighted by Crippen LogP contribution is -2.43. The molecule has 0 radical (unpaired) electrons. The fourth-order valence-corrected chi connectivity index (χ4v) is 1.04. The minimum Gasteiger partial charge on any atom is -0.400 e. The first-order valence-corrected chi connectivity index (χ1v) is 3.15. The highest BCUT2D eigenvalue weighted by atomic mass is 16.1. The van der Waals surface area contributed by atoms with Crippen molar-refractivity contribution in [2.24, 2.45) is 15.7 Å². The van der Waals surface area contributed by atoms with Gasteiger partial charge in [-0.05, 0) is 0 Å². The molecule has 2 heterocycles. The van der Waals surface area contributed by atoms with Crippen LogP contribution in [0.1, 0.15) is 0 Å². The molecule has 56 valence electrons. The van der Waals surface area contributed by atoms with Crippen LogP contribution < -0.4 is 11.1 Å². The number of nitrogens with two attached hydrogens (primary N) is 1. The molecule has 5 heteroatoms. The molecule has 2 rings (SSSR count). The van der Waals surface area contributed by atoms with Gasteiger partial charge in [-0.25, -0.2) is 4.99 Å². The number of nitrogens with one attached hydrogen (secondary N) is 1. The number of amidine groups is 1. The van der Waals surface area contributed by atoms with E-state index in [1.807, 2.05) is 0 Å². The highest BCUT2D eigenvalue weighted by Crippen LogP contribution is 2.10. The Labute approximate surface area is 62.7 Å². The van der Waals surface area contributed by atoms with E-state index < -0.39 is 0 Å². The molecule has 3 N–H and O–H groups in total. The molecule has 0 saturated carbocycles. The summed E-state index contributed by atoms with van der Waals surface area (Å²) < 4.78 is 0. The van der Waals surface area contributed by atoms with Crippen molar-refractivity contribution in [3.8, 4) is 0 Å². The first-order chi connectivity index (χ1) is 5.27. The fraction of sp³-hybridized carbons (Fsp3) is 0.167. The number of amides is 1. The third-order valence-electron chi connectivity index (χ3n) is 1.54. The SMILES string of the molecule is NC1=CC(=O)NC2=NC=NC12. The molecule has 0 aromatic rings. The Bertz CT molecular complexity index is 302. The monoisotopic (exact) mass is 150 g/mol. The van der Waals surface area contributed by atoms with Gasteiger partial charge in [0.25, 0.3) is 5.91 Å².